The summed E-state index contributed by atoms with van der Waals surface area (Å²) in [5, 5.41) is 3.67. The summed E-state index contributed by atoms with van der Waals surface area (Å²) in [6.07, 6.45) is 37.8. The molecule has 5 aliphatic rings. The third-order valence-corrected chi connectivity index (χ3v) is 7.64. The molecule has 0 heterocycles. The molecular weight excluding hydrogens is 405 g/mol. The maximum absolute atomic E-state index is 13.5. The third-order valence-electron chi connectivity index (χ3n) is 7.64. The molecular formula is C31H34FN. The lowest BCUT2D eigenvalue weighted by atomic mass is 9.68. The Morgan fingerprint density at radius 2 is 1.82 bits per heavy atom. The topological polar surface area (TPSA) is 12.0 Å². The van der Waals surface area contributed by atoms with Crippen molar-refractivity contribution in [2.24, 2.45) is 17.3 Å². The number of hydrogen-bond donors (Lipinski definition) is 1. The van der Waals surface area contributed by atoms with Crippen LogP contribution in [0.1, 0.15) is 51.9 Å². The Hall–Kier alpha value is -2.87. The van der Waals surface area contributed by atoms with E-state index in [1.807, 2.05) is 6.08 Å². The van der Waals surface area contributed by atoms with Crippen molar-refractivity contribution in [3.8, 4) is 0 Å². The van der Waals surface area contributed by atoms with E-state index >= 15 is 0 Å². The van der Waals surface area contributed by atoms with Gasteiger partial charge in [0, 0.05) is 23.2 Å². The van der Waals surface area contributed by atoms with Crippen LogP contribution in [-0.2, 0) is 0 Å². The van der Waals surface area contributed by atoms with E-state index in [2.05, 4.69) is 85.2 Å². The highest BCUT2D eigenvalue weighted by atomic mass is 19.1. The molecule has 0 bridgehead atoms. The van der Waals surface area contributed by atoms with Crippen LogP contribution in [-0.4, -0.2) is 0 Å². The van der Waals surface area contributed by atoms with Crippen molar-refractivity contribution in [3.05, 3.63) is 119 Å². The van der Waals surface area contributed by atoms with Gasteiger partial charge in [-0.05, 0) is 85.3 Å². The lowest BCUT2D eigenvalue weighted by molar-refractivity contribution is 0.401. The van der Waals surface area contributed by atoms with Crippen molar-refractivity contribution in [1.82, 2.24) is 5.32 Å². The highest BCUT2D eigenvalue weighted by molar-refractivity contribution is 5.46. The van der Waals surface area contributed by atoms with Crippen molar-refractivity contribution >= 4 is 0 Å². The van der Waals surface area contributed by atoms with Gasteiger partial charge in [-0.25, -0.2) is 4.39 Å². The predicted octanol–water partition coefficient (Wildman–Crippen LogP) is 8.24. The second kappa shape index (κ2) is 9.55. The van der Waals surface area contributed by atoms with E-state index in [-0.39, 0.29) is 11.2 Å². The fourth-order valence-electron chi connectivity index (χ4n) is 5.59. The van der Waals surface area contributed by atoms with Crippen molar-refractivity contribution in [3.63, 3.8) is 0 Å². The van der Waals surface area contributed by atoms with Crippen LogP contribution in [0.4, 0.5) is 4.39 Å². The van der Waals surface area contributed by atoms with E-state index in [9.17, 15) is 4.39 Å². The van der Waals surface area contributed by atoms with Crippen LogP contribution in [0.2, 0.25) is 0 Å². The summed E-state index contributed by atoms with van der Waals surface area (Å²) in [5.74, 6) is 0.955. The molecule has 0 aromatic carbocycles. The molecule has 3 atom stereocenters. The number of hydrogen-bond acceptors (Lipinski definition) is 1. The Morgan fingerprint density at radius 3 is 2.58 bits per heavy atom. The van der Waals surface area contributed by atoms with Gasteiger partial charge < -0.3 is 5.32 Å². The fourth-order valence-corrected chi connectivity index (χ4v) is 5.59. The lowest BCUT2D eigenvalue weighted by Gasteiger charge is -2.38. The Bertz CT molecular complexity index is 1100. The second-order valence-electron chi connectivity index (χ2n) is 10.0. The third kappa shape index (κ3) is 4.90. The first-order valence-electron chi connectivity index (χ1n) is 12.4. The molecule has 2 heteroatoms. The number of halogens is 1. The standard InChI is InChI=1S/C31H34FN/c1-31(19-6-3-7-20-31)29-22-26(13-18-30(29)33-28-16-14-27(32)15-17-28)25-12-8-11-24(21-25)23-9-4-2-5-10-23/h3-4,6-14,16,18-19,25-26,33H,2,5,15,17,20-22H2,1H3/t25?,26?,31-/m1/s1. The Labute approximate surface area is 197 Å². The van der Waals surface area contributed by atoms with E-state index in [4.69, 9.17) is 0 Å². The zero-order valence-electron chi connectivity index (χ0n) is 19.6. The molecule has 0 radical (unpaired) electrons. The van der Waals surface area contributed by atoms with Crippen LogP contribution in [0, 0.1) is 17.3 Å². The van der Waals surface area contributed by atoms with Crippen molar-refractivity contribution in [2.45, 2.75) is 51.9 Å². The average Bonchev–Trinajstić information content (AvgIpc) is 2.87. The smallest absolute Gasteiger partial charge is 0.100 e. The Balaban J connectivity index is 1.39. The van der Waals surface area contributed by atoms with Crippen LogP contribution in [0.25, 0.3) is 0 Å². The van der Waals surface area contributed by atoms with Gasteiger partial charge in [-0.2, -0.15) is 0 Å². The Kier molecular flexibility index (Phi) is 6.35. The number of allylic oxidation sites excluding steroid dienone is 19. The van der Waals surface area contributed by atoms with Crippen LogP contribution < -0.4 is 5.32 Å². The number of nitrogens with one attached hydrogen (secondary N) is 1. The van der Waals surface area contributed by atoms with E-state index in [1.165, 1.54) is 22.4 Å². The average molecular weight is 440 g/mol. The maximum atomic E-state index is 13.5. The van der Waals surface area contributed by atoms with Gasteiger partial charge in [-0.1, -0.05) is 73.8 Å². The molecule has 5 aliphatic carbocycles. The van der Waals surface area contributed by atoms with Gasteiger partial charge in [-0.3, -0.25) is 0 Å². The van der Waals surface area contributed by atoms with Crippen molar-refractivity contribution in [2.75, 3.05) is 0 Å². The summed E-state index contributed by atoms with van der Waals surface area (Å²) < 4.78 is 13.5. The molecule has 0 aromatic rings. The van der Waals surface area contributed by atoms with E-state index in [1.54, 1.807) is 6.08 Å². The van der Waals surface area contributed by atoms with Crippen molar-refractivity contribution in [1.29, 1.82) is 0 Å². The minimum Gasteiger partial charge on any atom is -0.359 e. The second-order valence-corrected chi connectivity index (χ2v) is 10.0. The summed E-state index contributed by atoms with van der Waals surface area (Å²) in [6, 6.07) is 0. The number of rotatable bonds is 5. The van der Waals surface area contributed by atoms with E-state index < -0.39 is 0 Å². The molecule has 33 heavy (non-hydrogen) atoms. The quantitative estimate of drug-likeness (QED) is 0.455. The molecule has 1 nitrogen and oxygen atoms in total. The summed E-state index contributed by atoms with van der Waals surface area (Å²) in [4.78, 5) is 0. The van der Waals surface area contributed by atoms with Crippen LogP contribution >= 0.6 is 0 Å². The van der Waals surface area contributed by atoms with Crippen molar-refractivity contribution < 1.29 is 4.39 Å². The first-order chi connectivity index (χ1) is 16.1. The Morgan fingerprint density at radius 1 is 0.909 bits per heavy atom. The first-order valence-corrected chi connectivity index (χ1v) is 12.4. The molecule has 0 fully saturated rings. The van der Waals surface area contributed by atoms with Crippen LogP contribution in [0.3, 0.4) is 0 Å². The normalized spacial score (nSPS) is 31.2. The fraction of sp³-hybridized carbons (Fsp3) is 0.355. The highest BCUT2D eigenvalue weighted by Gasteiger charge is 2.34. The lowest BCUT2D eigenvalue weighted by Crippen LogP contribution is -2.29. The largest absolute Gasteiger partial charge is 0.359 e. The zero-order chi connectivity index (χ0) is 22.7. The summed E-state index contributed by atoms with van der Waals surface area (Å²) in [6.45, 7) is 2.36. The first kappa shape index (κ1) is 21.9. The van der Waals surface area contributed by atoms with Gasteiger partial charge in [0.15, 0.2) is 0 Å². The summed E-state index contributed by atoms with van der Waals surface area (Å²) >= 11 is 0. The zero-order valence-corrected chi connectivity index (χ0v) is 19.6. The molecule has 170 valence electrons. The molecule has 1 N–H and O–H groups in total. The molecule has 0 aromatic heterocycles. The molecule has 2 unspecified atom stereocenters. The van der Waals surface area contributed by atoms with E-state index in [0.717, 1.165) is 44.2 Å². The predicted molar refractivity (Wildman–Crippen MR) is 137 cm³/mol. The van der Waals surface area contributed by atoms with Gasteiger partial charge in [0.25, 0.3) is 0 Å². The monoisotopic (exact) mass is 439 g/mol. The molecule has 0 spiro atoms. The minimum absolute atomic E-state index is 0.00208. The van der Waals surface area contributed by atoms with E-state index in [0.29, 0.717) is 18.3 Å². The van der Waals surface area contributed by atoms with Crippen LogP contribution in [0.5, 0.6) is 0 Å². The molecule has 0 saturated heterocycles. The molecule has 5 rings (SSSR count). The maximum Gasteiger partial charge on any atom is 0.100 e. The van der Waals surface area contributed by atoms with Gasteiger partial charge in [0.1, 0.15) is 5.83 Å². The van der Waals surface area contributed by atoms with Gasteiger partial charge in [0.05, 0.1) is 0 Å². The molecule has 0 amide bonds. The summed E-state index contributed by atoms with van der Waals surface area (Å²) in [7, 11) is 0. The highest BCUT2D eigenvalue weighted by Crippen LogP contribution is 2.45. The van der Waals surface area contributed by atoms with Gasteiger partial charge in [-0.15, -0.1) is 0 Å². The molecule has 0 aliphatic heterocycles. The minimum atomic E-state index is -0.0304. The molecule has 0 saturated carbocycles. The SMILES string of the molecule is C[C@@]1(C2=C(NC3=CC=C(F)CC3)C=CC(C3C=CC=C(C4=CCCC=C4)C3)C2)C=CC=CC1. The van der Waals surface area contributed by atoms with Gasteiger partial charge >= 0.3 is 0 Å². The van der Waals surface area contributed by atoms with Crippen LogP contribution in [0.15, 0.2) is 119 Å². The van der Waals surface area contributed by atoms with Gasteiger partial charge in [0.2, 0.25) is 0 Å². The summed E-state index contributed by atoms with van der Waals surface area (Å²) in [5.41, 5.74) is 6.64.